The Kier molecular flexibility index (Phi) is 10.1. The summed E-state index contributed by atoms with van der Waals surface area (Å²) in [5, 5.41) is 0. The first-order chi connectivity index (χ1) is 17.6. The van der Waals surface area contributed by atoms with Crippen molar-refractivity contribution in [3.05, 3.63) is 71.3 Å². The SMILES string of the molecule is COC(=O)/C=C/c1cccc(N(Cc2ccc(CCC(=O)OC(C)(C)C)cc2)C(=O)C2CCCCC2)c1. The van der Waals surface area contributed by atoms with Crippen LogP contribution in [0.25, 0.3) is 6.08 Å². The maximum atomic E-state index is 13.7. The zero-order chi connectivity index (χ0) is 26.8. The highest BCUT2D eigenvalue weighted by Crippen LogP contribution is 2.29. The lowest BCUT2D eigenvalue weighted by Gasteiger charge is -2.30. The van der Waals surface area contributed by atoms with Crippen molar-refractivity contribution in [1.29, 1.82) is 0 Å². The second kappa shape index (κ2) is 13.2. The minimum atomic E-state index is -0.484. The summed E-state index contributed by atoms with van der Waals surface area (Å²) in [6.07, 6.45) is 9.19. The summed E-state index contributed by atoms with van der Waals surface area (Å²) < 4.78 is 10.1. The van der Waals surface area contributed by atoms with Gasteiger partial charge in [0.1, 0.15) is 5.60 Å². The van der Waals surface area contributed by atoms with Gasteiger partial charge in [-0.15, -0.1) is 0 Å². The van der Waals surface area contributed by atoms with E-state index in [-0.39, 0.29) is 17.8 Å². The first-order valence-corrected chi connectivity index (χ1v) is 13.1. The van der Waals surface area contributed by atoms with Crippen LogP contribution in [-0.2, 0) is 36.8 Å². The molecule has 0 unspecified atom stereocenters. The first kappa shape index (κ1) is 28.2. The normalized spacial score (nSPS) is 14.4. The summed E-state index contributed by atoms with van der Waals surface area (Å²) in [4.78, 5) is 39.1. The third-order valence-electron chi connectivity index (χ3n) is 6.42. The number of carbonyl (C=O) groups is 3. The van der Waals surface area contributed by atoms with Crippen molar-refractivity contribution >= 4 is 29.6 Å². The second-order valence-corrected chi connectivity index (χ2v) is 10.6. The number of carbonyl (C=O) groups excluding carboxylic acids is 3. The van der Waals surface area contributed by atoms with E-state index in [0.29, 0.717) is 19.4 Å². The molecule has 1 aliphatic rings. The van der Waals surface area contributed by atoms with Gasteiger partial charge in [-0.1, -0.05) is 55.7 Å². The number of rotatable bonds is 9. The Labute approximate surface area is 220 Å². The highest BCUT2D eigenvalue weighted by atomic mass is 16.6. The molecule has 6 nitrogen and oxygen atoms in total. The van der Waals surface area contributed by atoms with Gasteiger partial charge in [0.15, 0.2) is 0 Å². The number of amides is 1. The predicted molar refractivity (Wildman–Crippen MR) is 146 cm³/mol. The highest BCUT2D eigenvalue weighted by molar-refractivity contribution is 5.95. The third-order valence-corrected chi connectivity index (χ3v) is 6.42. The van der Waals surface area contributed by atoms with Gasteiger partial charge in [0.05, 0.1) is 13.7 Å². The average Bonchev–Trinajstić information content (AvgIpc) is 2.89. The van der Waals surface area contributed by atoms with E-state index >= 15 is 0 Å². The van der Waals surface area contributed by atoms with Crippen molar-refractivity contribution in [2.45, 2.75) is 77.9 Å². The summed E-state index contributed by atoms with van der Waals surface area (Å²) in [6, 6.07) is 15.7. The van der Waals surface area contributed by atoms with Crippen molar-refractivity contribution in [3.63, 3.8) is 0 Å². The lowest BCUT2D eigenvalue weighted by molar-refractivity contribution is -0.154. The van der Waals surface area contributed by atoms with Crippen LogP contribution in [0.2, 0.25) is 0 Å². The molecule has 1 amide bonds. The Morgan fingerprint density at radius 3 is 2.30 bits per heavy atom. The predicted octanol–water partition coefficient (Wildman–Crippen LogP) is 6.26. The van der Waals surface area contributed by atoms with Gasteiger partial charge < -0.3 is 14.4 Å². The molecule has 0 saturated heterocycles. The summed E-state index contributed by atoms with van der Waals surface area (Å²) in [5.74, 6) is -0.465. The molecule has 1 saturated carbocycles. The molecule has 2 aromatic rings. The number of esters is 2. The Hall–Kier alpha value is -3.41. The van der Waals surface area contributed by atoms with Gasteiger partial charge in [-0.3, -0.25) is 9.59 Å². The van der Waals surface area contributed by atoms with E-state index in [4.69, 9.17) is 9.47 Å². The maximum absolute atomic E-state index is 13.7. The summed E-state index contributed by atoms with van der Waals surface area (Å²) in [7, 11) is 1.34. The number of hydrogen-bond donors (Lipinski definition) is 0. The van der Waals surface area contributed by atoms with Crippen LogP contribution in [0.1, 0.15) is 76.0 Å². The van der Waals surface area contributed by atoms with Gasteiger partial charge in [-0.2, -0.15) is 0 Å². The fraction of sp³-hybridized carbons (Fsp3) is 0.452. The quantitative estimate of drug-likeness (QED) is 0.297. The molecule has 0 radical (unpaired) electrons. The van der Waals surface area contributed by atoms with Gasteiger partial charge >= 0.3 is 11.9 Å². The van der Waals surface area contributed by atoms with Crippen LogP contribution in [0, 0.1) is 5.92 Å². The van der Waals surface area contributed by atoms with E-state index in [0.717, 1.165) is 48.1 Å². The van der Waals surface area contributed by atoms with Crippen LogP contribution in [0.3, 0.4) is 0 Å². The van der Waals surface area contributed by atoms with Crippen molar-refractivity contribution in [1.82, 2.24) is 0 Å². The van der Waals surface area contributed by atoms with Crippen molar-refractivity contribution in [2.75, 3.05) is 12.0 Å². The van der Waals surface area contributed by atoms with Gasteiger partial charge in [-0.05, 0) is 74.9 Å². The van der Waals surface area contributed by atoms with Crippen LogP contribution in [0.4, 0.5) is 5.69 Å². The molecule has 0 spiro atoms. The molecule has 0 bridgehead atoms. The molecule has 3 rings (SSSR count). The van der Waals surface area contributed by atoms with Crippen LogP contribution in [0.15, 0.2) is 54.6 Å². The van der Waals surface area contributed by atoms with Crippen molar-refractivity contribution in [2.24, 2.45) is 5.92 Å². The Balaban J connectivity index is 1.76. The molecule has 0 heterocycles. The minimum absolute atomic E-state index is 0.0242. The molecule has 37 heavy (non-hydrogen) atoms. The van der Waals surface area contributed by atoms with E-state index < -0.39 is 11.6 Å². The van der Waals surface area contributed by atoms with Gasteiger partial charge in [0.25, 0.3) is 0 Å². The Morgan fingerprint density at radius 1 is 0.973 bits per heavy atom. The van der Waals surface area contributed by atoms with E-state index in [9.17, 15) is 14.4 Å². The molecule has 0 atom stereocenters. The monoisotopic (exact) mass is 505 g/mol. The smallest absolute Gasteiger partial charge is 0.330 e. The molecule has 0 N–H and O–H groups in total. The molecule has 198 valence electrons. The van der Waals surface area contributed by atoms with Crippen LogP contribution in [0.5, 0.6) is 0 Å². The lowest BCUT2D eigenvalue weighted by Crippen LogP contribution is -2.36. The fourth-order valence-corrected chi connectivity index (χ4v) is 4.53. The van der Waals surface area contributed by atoms with Crippen LogP contribution < -0.4 is 4.90 Å². The molecule has 1 aliphatic carbocycles. The zero-order valence-corrected chi connectivity index (χ0v) is 22.5. The fourth-order valence-electron chi connectivity index (χ4n) is 4.53. The number of benzene rings is 2. The summed E-state index contributed by atoms with van der Waals surface area (Å²) in [6.45, 7) is 6.05. The standard InChI is InChI=1S/C31H39NO5/c1-31(2,3)37-29(34)20-17-23-13-15-25(16-14-23)22-32(30(35)26-10-6-5-7-11-26)27-12-8-9-24(21-27)18-19-28(33)36-4/h8-9,12-16,18-19,21,26H,5-7,10-11,17,20,22H2,1-4H3/b19-18+. The van der Waals surface area contributed by atoms with E-state index in [1.165, 1.54) is 19.6 Å². The number of ether oxygens (including phenoxy) is 2. The van der Waals surface area contributed by atoms with Gasteiger partial charge in [0.2, 0.25) is 5.91 Å². The molecule has 6 heteroatoms. The number of anilines is 1. The largest absolute Gasteiger partial charge is 0.466 e. The molecule has 0 aliphatic heterocycles. The van der Waals surface area contributed by atoms with Crippen molar-refractivity contribution in [3.8, 4) is 0 Å². The number of nitrogens with zero attached hydrogens (tertiary/aromatic N) is 1. The number of methoxy groups -OCH3 is 1. The van der Waals surface area contributed by atoms with Crippen molar-refractivity contribution < 1.29 is 23.9 Å². The molecule has 2 aromatic carbocycles. The molecule has 1 fully saturated rings. The second-order valence-electron chi connectivity index (χ2n) is 10.6. The van der Waals surface area contributed by atoms with E-state index in [2.05, 4.69) is 0 Å². The number of aryl methyl sites for hydroxylation is 1. The zero-order valence-electron chi connectivity index (χ0n) is 22.5. The Morgan fingerprint density at radius 2 is 1.65 bits per heavy atom. The first-order valence-electron chi connectivity index (χ1n) is 13.1. The maximum Gasteiger partial charge on any atom is 0.330 e. The molecule has 0 aromatic heterocycles. The highest BCUT2D eigenvalue weighted by Gasteiger charge is 2.27. The van der Waals surface area contributed by atoms with Gasteiger partial charge in [-0.25, -0.2) is 4.79 Å². The number of hydrogen-bond acceptors (Lipinski definition) is 5. The molecular weight excluding hydrogens is 466 g/mol. The summed E-state index contributed by atoms with van der Waals surface area (Å²) >= 11 is 0. The average molecular weight is 506 g/mol. The topological polar surface area (TPSA) is 72.9 Å². The van der Waals surface area contributed by atoms with Gasteiger partial charge in [0, 0.05) is 24.1 Å². The van der Waals surface area contributed by atoms with E-state index in [1.54, 1.807) is 6.08 Å². The molecular formula is C31H39NO5. The lowest BCUT2D eigenvalue weighted by atomic mass is 9.88. The Bertz CT molecular complexity index is 1090. The van der Waals surface area contributed by atoms with E-state index in [1.807, 2.05) is 74.2 Å². The van der Waals surface area contributed by atoms with Crippen LogP contribution >= 0.6 is 0 Å². The summed E-state index contributed by atoms with van der Waals surface area (Å²) in [5.41, 5.74) is 3.20. The van der Waals surface area contributed by atoms with Crippen LogP contribution in [-0.4, -0.2) is 30.6 Å². The minimum Gasteiger partial charge on any atom is -0.466 e. The third kappa shape index (κ3) is 9.19.